The molecule has 0 spiro atoms. The summed E-state index contributed by atoms with van der Waals surface area (Å²) in [6, 6.07) is 13.5. The number of nitrogens with zero attached hydrogens (tertiary/aromatic N) is 1. The summed E-state index contributed by atoms with van der Waals surface area (Å²) >= 11 is 0. The third kappa shape index (κ3) is 4.30. The van der Waals surface area contributed by atoms with Gasteiger partial charge in [0.1, 0.15) is 12.4 Å². The quantitative estimate of drug-likeness (QED) is 0.641. The Kier molecular flexibility index (Phi) is 5.54. The van der Waals surface area contributed by atoms with Crippen molar-refractivity contribution in [2.75, 3.05) is 13.2 Å². The standard InChI is InChI=1S/C25H32N2O/c1-18-22(8-9-24-23(18)12-15-27-24)19-4-6-21(7-5-19)28-17-16-26-20-10-13-25(2,3)14-11-20/h4-9,15,20,26H,10-14,16-17H2,1-3H3. The number of aliphatic imine (C=N–C) groups is 1. The van der Waals surface area contributed by atoms with Gasteiger partial charge < -0.3 is 10.1 Å². The first-order valence-corrected chi connectivity index (χ1v) is 10.6. The molecule has 1 fully saturated rings. The van der Waals surface area contributed by atoms with Gasteiger partial charge in [-0.2, -0.15) is 0 Å². The Bertz CT molecular complexity index is 842. The fraction of sp³-hybridized carbons (Fsp3) is 0.480. The third-order valence-electron chi connectivity index (χ3n) is 6.41. The molecule has 0 amide bonds. The monoisotopic (exact) mass is 376 g/mol. The average molecular weight is 377 g/mol. The van der Waals surface area contributed by atoms with Crippen LogP contribution in [-0.2, 0) is 6.42 Å². The lowest BCUT2D eigenvalue weighted by molar-refractivity contribution is 0.200. The molecule has 148 valence electrons. The molecule has 0 saturated heterocycles. The summed E-state index contributed by atoms with van der Waals surface area (Å²) in [6.07, 6.45) is 8.16. The van der Waals surface area contributed by atoms with Crippen molar-refractivity contribution in [3.63, 3.8) is 0 Å². The van der Waals surface area contributed by atoms with E-state index in [4.69, 9.17) is 4.74 Å². The van der Waals surface area contributed by atoms with E-state index in [2.05, 4.69) is 67.5 Å². The zero-order valence-electron chi connectivity index (χ0n) is 17.4. The molecule has 28 heavy (non-hydrogen) atoms. The van der Waals surface area contributed by atoms with E-state index in [1.165, 1.54) is 47.9 Å². The zero-order valence-corrected chi connectivity index (χ0v) is 17.4. The van der Waals surface area contributed by atoms with E-state index >= 15 is 0 Å². The van der Waals surface area contributed by atoms with Gasteiger partial charge in [-0.15, -0.1) is 0 Å². The third-order valence-corrected chi connectivity index (χ3v) is 6.41. The van der Waals surface area contributed by atoms with Crippen LogP contribution in [-0.4, -0.2) is 25.4 Å². The lowest BCUT2D eigenvalue weighted by atomic mass is 9.75. The van der Waals surface area contributed by atoms with Crippen molar-refractivity contribution < 1.29 is 4.74 Å². The summed E-state index contributed by atoms with van der Waals surface area (Å²) in [5.41, 5.74) is 6.87. The van der Waals surface area contributed by atoms with Crippen molar-refractivity contribution in [1.29, 1.82) is 0 Å². The SMILES string of the molecule is Cc1c(-c2ccc(OCCNC3CCC(C)(C)CC3)cc2)ccc2c1CC=N2. The maximum atomic E-state index is 5.95. The summed E-state index contributed by atoms with van der Waals surface area (Å²) in [4.78, 5) is 4.44. The highest BCUT2D eigenvalue weighted by Crippen LogP contribution is 2.35. The van der Waals surface area contributed by atoms with Gasteiger partial charge in [-0.1, -0.05) is 32.0 Å². The van der Waals surface area contributed by atoms with E-state index < -0.39 is 0 Å². The minimum absolute atomic E-state index is 0.528. The van der Waals surface area contributed by atoms with E-state index in [1.54, 1.807) is 0 Å². The molecule has 0 bridgehead atoms. The van der Waals surface area contributed by atoms with Crippen molar-refractivity contribution >= 4 is 11.9 Å². The maximum absolute atomic E-state index is 5.95. The highest BCUT2D eigenvalue weighted by atomic mass is 16.5. The van der Waals surface area contributed by atoms with Crippen LogP contribution in [0.1, 0.15) is 50.7 Å². The topological polar surface area (TPSA) is 33.6 Å². The van der Waals surface area contributed by atoms with E-state index in [9.17, 15) is 0 Å². The number of benzene rings is 2. The molecular weight excluding hydrogens is 344 g/mol. The zero-order chi connectivity index (χ0) is 19.6. The number of ether oxygens (including phenoxy) is 1. The molecule has 1 heterocycles. The first-order valence-electron chi connectivity index (χ1n) is 10.6. The van der Waals surface area contributed by atoms with Gasteiger partial charge in [-0.05, 0) is 78.5 Å². The first kappa shape index (κ1) is 19.2. The Balaban J connectivity index is 1.28. The smallest absolute Gasteiger partial charge is 0.119 e. The molecule has 2 aromatic carbocycles. The normalized spacial score (nSPS) is 18.2. The van der Waals surface area contributed by atoms with E-state index in [0.29, 0.717) is 18.1 Å². The summed E-state index contributed by atoms with van der Waals surface area (Å²) < 4.78 is 5.95. The Morgan fingerprint density at radius 1 is 1.07 bits per heavy atom. The van der Waals surface area contributed by atoms with Crippen molar-refractivity contribution in [3.05, 3.63) is 47.5 Å². The number of hydrogen-bond acceptors (Lipinski definition) is 3. The highest BCUT2D eigenvalue weighted by Gasteiger charge is 2.26. The van der Waals surface area contributed by atoms with Gasteiger partial charge in [0, 0.05) is 25.2 Å². The van der Waals surface area contributed by atoms with Crippen LogP contribution in [0.15, 0.2) is 41.4 Å². The van der Waals surface area contributed by atoms with Crippen LogP contribution in [0.5, 0.6) is 5.75 Å². The predicted molar refractivity (Wildman–Crippen MR) is 118 cm³/mol. The van der Waals surface area contributed by atoms with E-state index in [-0.39, 0.29) is 0 Å². The predicted octanol–water partition coefficient (Wildman–Crippen LogP) is 5.86. The lowest BCUT2D eigenvalue weighted by Crippen LogP contribution is -2.37. The van der Waals surface area contributed by atoms with Gasteiger partial charge >= 0.3 is 0 Å². The van der Waals surface area contributed by atoms with Gasteiger partial charge in [-0.3, -0.25) is 4.99 Å². The molecule has 1 saturated carbocycles. The van der Waals surface area contributed by atoms with Crippen LogP contribution in [0.2, 0.25) is 0 Å². The molecule has 0 atom stereocenters. The number of fused-ring (bicyclic) bond motifs is 1. The second-order valence-electron chi connectivity index (χ2n) is 9.02. The molecule has 1 aliphatic heterocycles. The fourth-order valence-corrected chi connectivity index (χ4v) is 4.44. The first-order chi connectivity index (χ1) is 13.5. The number of hydrogen-bond donors (Lipinski definition) is 1. The number of nitrogens with one attached hydrogen (secondary N) is 1. The minimum Gasteiger partial charge on any atom is -0.492 e. The Labute approximate surface area is 169 Å². The highest BCUT2D eigenvalue weighted by molar-refractivity contribution is 5.81. The molecule has 0 unspecified atom stereocenters. The Hall–Kier alpha value is -2.13. The van der Waals surface area contributed by atoms with Crippen LogP contribution < -0.4 is 10.1 Å². The van der Waals surface area contributed by atoms with Gasteiger partial charge in [-0.25, -0.2) is 0 Å². The second-order valence-corrected chi connectivity index (χ2v) is 9.02. The molecule has 3 heteroatoms. The van der Waals surface area contributed by atoms with Gasteiger partial charge in [0.2, 0.25) is 0 Å². The minimum atomic E-state index is 0.528. The van der Waals surface area contributed by atoms with Crippen molar-refractivity contribution in [2.24, 2.45) is 10.4 Å². The van der Waals surface area contributed by atoms with Crippen LogP contribution in [0, 0.1) is 12.3 Å². The van der Waals surface area contributed by atoms with Crippen LogP contribution in [0.25, 0.3) is 11.1 Å². The van der Waals surface area contributed by atoms with Crippen molar-refractivity contribution in [2.45, 2.75) is 58.9 Å². The Morgan fingerprint density at radius 3 is 2.57 bits per heavy atom. The van der Waals surface area contributed by atoms with E-state index in [0.717, 1.165) is 24.4 Å². The summed E-state index contributed by atoms with van der Waals surface area (Å²) in [5.74, 6) is 0.942. The molecule has 0 radical (unpaired) electrons. The van der Waals surface area contributed by atoms with Gasteiger partial charge in [0.15, 0.2) is 0 Å². The number of rotatable bonds is 6. The lowest BCUT2D eigenvalue weighted by Gasteiger charge is -2.34. The van der Waals surface area contributed by atoms with Gasteiger partial charge in [0.05, 0.1) is 5.69 Å². The molecule has 2 aromatic rings. The van der Waals surface area contributed by atoms with Crippen LogP contribution in [0.3, 0.4) is 0 Å². The average Bonchev–Trinajstić information content (AvgIpc) is 3.17. The van der Waals surface area contributed by atoms with E-state index in [1.807, 2.05) is 6.21 Å². The molecule has 3 nitrogen and oxygen atoms in total. The molecule has 1 N–H and O–H groups in total. The fourth-order valence-electron chi connectivity index (χ4n) is 4.44. The molecule has 4 rings (SSSR count). The molecule has 1 aliphatic carbocycles. The van der Waals surface area contributed by atoms with Crippen molar-refractivity contribution in [3.8, 4) is 16.9 Å². The molecule has 0 aromatic heterocycles. The maximum Gasteiger partial charge on any atom is 0.119 e. The van der Waals surface area contributed by atoms with Crippen LogP contribution >= 0.6 is 0 Å². The summed E-state index contributed by atoms with van der Waals surface area (Å²) in [7, 11) is 0. The largest absolute Gasteiger partial charge is 0.492 e. The van der Waals surface area contributed by atoms with Crippen molar-refractivity contribution in [1.82, 2.24) is 5.32 Å². The Morgan fingerprint density at radius 2 is 1.82 bits per heavy atom. The summed E-state index contributed by atoms with van der Waals surface area (Å²) in [6.45, 7) is 8.60. The summed E-state index contributed by atoms with van der Waals surface area (Å²) in [5, 5.41) is 3.66. The van der Waals surface area contributed by atoms with Gasteiger partial charge in [0.25, 0.3) is 0 Å². The molecular formula is C25H32N2O. The van der Waals surface area contributed by atoms with Crippen LogP contribution in [0.4, 0.5) is 5.69 Å². The molecule has 2 aliphatic rings. The second kappa shape index (κ2) is 8.08.